The van der Waals surface area contributed by atoms with E-state index in [2.05, 4.69) is 6.58 Å². The Morgan fingerprint density at radius 1 is 1.27 bits per heavy atom. The molecule has 0 fully saturated rings. The molecule has 0 bridgehead atoms. The third-order valence-electron chi connectivity index (χ3n) is 3.56. The topological polar surface area (TPSA) is 34.1 Å². The fraction of sp³-hybridized carbons (Fsp3) is 0.300. The molecule has 116 valence electrons. The molecule has 0 aliphatic rings. The zero-order valence-corrected chi connectivity index (χ0v) is 13.2. The van der Waals surface area contributed by atoms with Gasteiger partial charge in [-0.3, -0.25) is 4.79 Å². The molecule has 1 aromatic rings. The number of ketones is 1. The van der Waals surface area contributed by atoms with Gasteiger partial charge in [-0.15, -0.1) is 0 Å². The molecule has 0 amide bonds. The van der Waals surface area contributed by atoms with Crippen molar-refractivity contribution >= 4 is 12.1 Å². The Morgan fingerprint density at radius 2 is 2.00 bits per heavy atom. The molecule has 2 heteroatoms. The fourth-order valence-corrected chi connectivity index (χ4v) is 2.29. The molecule has 22 heavy (non-hydrogen) atoms. The third-order valence-corrected chi connectivity index (χ3v) is 3.56. The van der Waals surface area contributed by atoms with E-state index in [1.54, 1.807) is 12.2 Å². The smallest absolute Gasteiger partial charge is 0.162 e. The van der Waals surface area contributed by atoms with Crippen molar-refractivity contribution in [2.75, 3.05) is 0 Å². The largest absolute Gasteiger partial charge is 0.303 e. The van der Waals surface area contributed by atoms with Crippen LogP contribution in [0.15, 0.2) is 66.8 Å². The maximum Gasteiger partial charge on any atom is 0.162 e. The fourth-order valence-electron chi connectivity index (χ4n) is 2.29. The van der Waals surface area contributed by atoms with E-state index >= 15 is 0 Å². The van der Waals surface area contributed by atoms with Gasteiger partial charge in [-0.25, -0.2) is 0 Å². The Morgan fingerprint density at radius 3 is 2.59 bits per heavy atom. The Labute approximate surface area is 133 Å². The highest BCUT2D eigenvalue weighted by Crippen LogP contribution is 2.24. The summed E-state index contributed by atoms with van der Waals surface area (Å²) in [5.74, 6) is 0.169. The number of hydrogen-bond donors (Lipinski definition) is 0. The van der Waals surface area contributed by atoms with E-state index in [9.17, 15) is 9.59 Å². The monoisotopic (exact) mass is 296 g/mol. The predicted octanol–water partition coefficient (Wildman–Crippen LogP) is 4.79. The predicted molar refractivity (Wildman–Crippen MR) is 91.8 cm³/mol. The Kier molecular flexibility index (Phi) is 8.51. The maximum atomic E-state index is 12.2. The van der Waals surface area contributed by atoms with E-state index in [0.717, 1.165) is 18.3 Å². The molecule has 0 saturated carbocycles. The van der Waals surface area contributed by atoms with Crippen molar-refractivity contribution < 1.29 is 9.59 Å². The zero-order valence-electron chi connectivity index (χ0n) is 13.2. The van der Waals surface area contributed by atoms with Crippen LogP contribution in [0.25, 0.3) is 0 Å². The summed E-state index contributed by atoms with van der Waals surface area (Å²) in [7, 11) is 0. The molecule has 2 nitrogen and oxygen atoms in total. The average molecular weight is 296 g/mol. The van der Waals surface area contributed by atoms with Crippen LogP contribution in [0.1, 0.15) is 44.1 Å². The summed E-state index contributed by atoms with van der Waals surface area (Å²) >= 11 is 0. The standard InChI is InChI=1S/C20H24O2/c1-3-5-7-10-17(4-2)20(22)14-13-19(15-16-21)18-11-8-6-9-12-18/h4-12,16,19H,2-3,13-15H2,1H3/b7-5-,17-10+/t19-/m0/s1. The third kappa shape index (κ3) is 6.04. The molecular weight excluding hydrogens is 272 g/mol. The van der Waals surface area contributed by atoms with Crippen molar-refractivity contribution in [2.24, 2.45) is 0 Å². The summed E-state index contributed by atoms with van der Waals surface area (Å²) in [6, 6.07) is 9.88. The summed E-state index contributed by atoms with van der Waals surface area (Å²) < 4.78 is 0. The number of aldehydes is 1. The van der Waals surface area contributed by atoms with Crippen LogP contribution in [0.5, 0.6) is 0 Å². The van der Waals surface area contributed by atoms with E-state index in [4.69, 9.17) is 0 Å². The summed E-state index contributed by atoms with van der Waals surface area (Å²) in [6.07, 6.45) is 10.7. The highest BCUT2D eigenvalue weighted by molar-refractivity contribution is 5.98. The zero-order chi connectivity index (χ0) is 16.2. The number of carbonyl (C=O) groups excluding carboxylic acids is 2. The first-order chi connectivity index (χ1) is 10.7. The molecule has 0 N–H and O–H groups in total. The van der Waals surface area contributed by atoms with Gasteiger partial charge in [-0.1, -0.05) is 68.1 Å². The minimum absolute atomic E-state index is 0.0718. The van der Waals surface area contributed by atoms with Gasteiger partial charge in [-0.05, 0) is 24.3 Å². The second-order valence-corrected chi connectivity index (χ2v) is 5.13. The van der Waals surface area contributed by atoms with Crippen molar-refractivity contribution in [1.82, 2.24) is 0 Å². The highest BCUT2D eigenvalue weighted by Gasteiger charge is 2.14. The minimum atomic E-state index is 0.0718. The number of rotatable bonds is 10. The van der Waals surface area contributed by atoms with Gasteiger partial charge in [0, 0.05) is 18.4 Å². The molecule has 0 unspecified atom stereocenters. The van der Waals surface area contributed by atoms with Gasteiger partial charge in [0.05, 0.1) is 0 Å². The minimum Gasteiger partial charge on any atom is -0.303 e. The van der Waals surface area contributed by atoms with Crippen molar-refractivity contribution in [1.29, 1.82) is 0 Å². The number of benzene rings is 1. The van der Waals surface area contributed by atoms with Gasteiger partial charge in [-0.2, -0.15) is 0 Å². The van der Waals surface area contributed by atoms with Crippen molar-refractivity contribution in [3.05, 3.63) is 72.4 Å². The van der Waals surface area contributed by atoms with Crippen LogP contribution in [-0.2, 0) is 9.59 Å². The van der Waals surface area contributed by atoms with Crippen LogP contribution < -0.4 is 0 Å². The lowest BCUT2D eigenvalue weighted by atomic mass is 9.90. The van der Waals surface area contributed by atoms with E-state index < -0.39 is 0 Å². The molecule has 0 radical (unpaired) electrons. The first kappa shape index (κ1) is 17.8. The van der Waals surface area contributed by atoms with Crippen molar-refractivity contribution in [3.63, 3.8) is 0 Å². The lowest BCUT2D eigenvalue weighted by Crippen LogP contribution is -2.06. The second kappa shape index (κ2) is 10.5. The molecule has 0 aliphatic heterocycles. The lowest BCUT2D eigenvalue weighted by Gasteiger charge is -2.14. The SMILES string of the molecule is C=C/C(=C\C=C/CC)C(=O)CC[C@@H](CC=O)c1ccccc1. The van der Waals surface area contributed by atoms with Crippen LogP contribution in [0, 0.1) is 0 Å². The average Bonchev–Trinajstić information content (AvgIpc) is 2.56. The summed E-state index contributed by atoms with van der Waals surface area (Å²) in [5.41, 5.74) is 1.74. The Balaban J connectivity index is 2.70. The summed E-state index contributed by atoms with van der Waals surface area (Å²) in [4.78, 5) is 23.1. The molecule has 0 heterocycles. The molecule has 0 spiro atoms. The first-order valence-corrected chi connectivity index (χ1v) is 7.74. The van der Waals surface area contributed by atoms with Crippen LogP contribution in [0.3, 0.4) is 0 Å². The van der Waals surface area contributed by atoms with Crippen LogP contribution >= 0.6 is 0 Å². The van der Waals surface area contributed by atoms with Gasteiger partial charge in [0.15, 0.2) is 5.78 Å². The molecule has 0 aliphatic carbocycles. The Bertz CT molecular complexity index is 538. The second-order valence-electron chi connectivity index (χ2n) is 5.13. The first-order valence-electron chi connectivity index (χ1n) is 7.74. The van der Waals surface area contributed by atoms with E-state index in [1.807, 2.05) is 49.4 Å². The van der Waals surface area contributed by atoms with E-state index in [0.29, 0.717) is 24.8 Å². The van der Waals surface area contributed by atoms with Crippen molar-refractivity contribution in [2.45, 2.75) is 38.5 Å². The maximum absolute atomic E-state index is 12.2. The number of Topliss-reactive ketones (excluding diaryl/α,β-unsaturated/α-hetero) is 1. The highest BCUT2D eigenvalue weighted by atomic mass is 16.1. The summed E-state index contributed by atoms with van der Waals surface area (Å²) in [5, 5.41) is 0. The molecule has 1 atom stereocenters. The van der Waals surface area contributed by atoms with Gasteiger partial charge >= 0.3 is 0 Å². The normalized spacial score (nSPS) is 13.0. The van der Waals surface area contributed by atoms with Gasteiger partial charge < -0.3 is 4.79 Å². The van der Waals surface area contributed by atoms with Crippen LogP contribution in [0.4, 0.5) is 0 Å². The molecule has 1 rings (SSSR count). The number of allylic oxidation sites excluding steroid dienone is 5. The van der Waals surface area contributed by atoms with Gasteiger partial charge in [0.2, 0.25) is 0 Å². The van der Waals surface area contributed by atoms with Gasteiger partial charge in [0.1, 0.15) is 6.29 Å². The molecular formula is C20H24O2. The van der Waals surface area contributed by atoms with Crippen molar-refractivity contribution in [3.8, 4) is 0 Å². The Hall–Kier alpha value is -2.22. The molecule has 1 aromatic carbocycles. The molecule has 0 saturated heterocycles. The van der Waals surface area contributed by atoms with Crippen LogP contribution in [-0.4, -0.2) is 12.1 Å². The number of carbonyl (C=O) groups is 2. The molecule has 0 aromatic heterocycles. The lowest BCUT2D eigenvalue weighted by molar-refractivity contribution is -0.115. The van der Waals surface area contributed by atoms with E-state index in [-0.39, 0.29) is 11.7 Å². The van der Waals surface area contributed by atoms with E-state index in [1.165, 1.54) is 0 Å². The van der Waals surface area contributed by atoms with Crippen LogP contribution in [0.2, 0.25) is 0 Å². The summed E-state index contributed by atoms with van der Waals surface area (Å²) in [6.45, 7) is 5.75. The number of hydrogen-bond acceptors (Lipinski definition) is 2. The quantitative estimate of drug-likeness (QED) is 0.353. The van der Waals surface area contributed by atoms with Gasteiger partial charge in [0.25, 0.3) is 0 Å².